The van der Waals surface area contributed by atoms with Crippen molar-refractivity contribution in [1.82, 2.24) is 9.78 Å². The van der Waals surface area contributed by atoms with Crippen LogP contribution < -0.4 is 5.73 Å². The molecule has 2 aromatic rings. The third kappa shape index (κ3) is 2.57. The quantitative estimate of drug-likeness (QED) is 0.857. The summed E-state index contributed by atoms with van der Waals surface area (Å²) in [7, 11) is 1.60. The molecule has 1 aromatic heterocycles. The molecule has 0 fully saturated rings. The number of hydrogen-bond acceptors (Lipinski definition) is 4. The molecule has 0 radical (unpaired) electrons. The van der Waals surface area contributed by atoms with Crippen LogP contribution in [0.3, 0.4) is 0 Å². The number of rotatable bonds is 3. The SMILES string of the molecule is Cc1nn(C)c(C(=O)OCc2ccccc2F)c1N. The average Bonchev–Trinajstić information content (AvgIpc) is 2.62. The first-order valence-electron chi connectivity index (χ1n) is 5.70. The Balaban J connectivity index is 2.12. The Morgan fingerprint density at radius 3 is 2.74 bits per heavy atom. The van der Waals surface area contributed by atoms with Gasteiger partial charge in [-0.05, 0) is 13.0 Å². The number of nitrogens with zero attached hydrogens (tertiary/aromatic N) is 2. The van der Waals surface area contributed by atoms with E-state index in [1.165, 1.54) is 10.7 Å². The fourth-order valence-corrected chi connectivity index (χ4v) is 1.74. The fourth-order valence-electron chi connectivity index (χ4n) is 1.74. The normalized spacial score (nSPS) is 10.5. The Hall–Kier alpha value is -2.37. The van der Waals surface area contributed by atoms with Crippen molar-refractivity contribution in [3.05, 3.63) is 47.0 Å². The number of benzene rings is 1. The molecule has 0 bridgehead atoms. The highest BCUT2D eigenvalue weighted by molar-refractivity contribution is 5.93. The molecule has 5 nitrogen and oxygen atoms in total. The van der Waals surface area contributed by atoms with Crippen molar-refractivity contribution in [2.75, 3.05) is 5.73 Å². The molecule has 1 heterocycles. The molecule has 0 unspecified atom stereocenters. The third-order valence-electron chi connectivity index (χ3n) is 2.78. The zero-order valence-corrected chi connectivity index (χ0v) is 10.7. The number of esters is 1. The van der Waals surface area contributed by atoms with E-state index in [-0.39, 0.29) is 18.0 Å². The molecule has 0 saturated heterocycles. The third-order valence-corrected chi connectivity index (χ3v) is 2.78. The highest BCUT2D eigenvalue weighted by Crippen LogP contribution is 2.17. The van der Waals surface area contributed by atoms with Gasteiger partial charge in [-0.3, -0.25) is 4.68 Å². The largest absolute Gasteiger partial charge is 0.456 e. The van der Waals surface area contributed by atoms with E-state index >= 15 is 0 Å². The Morgan fingerprint density at radius 1 is 1.47 bits per heavy atom. The van der Waals surface area contributed by atoms with Crippen molar-refractivity contribution in [1.29, 1.82) is 0 Å². The van der Waals surface area contributed by atoms with Gasteiger partial charge in [-0.15, -0.1) is 0 Å². The molecule has 19 heavy (non-hydrogen) atoms. The number of carbonyl (C=O) groups is 1. The van der Waals surface area contributed by atoms with E-state index in [1.54, 1.807) is 32.2 Å². The Morgan fingerprint density at radius 2 is 2.16 bits per heavy atom. The van der Waals surface area contributed by atoms with Gasteiger partial charge in [0.1, 0.15) is 12.4 Å². The highest BCUT2D eigenvalue weighted by atomic mass is 19.1. The minimum atomic E-state index is -0.621. The van der Waals surface area contributed by atoms with Gasteiger partial charge in [-0.1, -0.05) is 18.2 Å². The first kappa shape index (κ1) is 13.1. The van der Waals surface area contributed by atoms with Crippen molar-refractivity contribution < 1.29 is 13.9 Å². The maximum atomic E-state index is 13.4. The Kier molecular flexibility index (Phi) is 3.50. The monoisotopic (exact) mass is 263 g/mol. The van der Waals surface area contributed by atoms with Crippen molar-refractivity contribution >= 4 is 11.7 Å². The molecule has 0 spiro atoms. The van der Waals surface area contributed by atoms with Crippen LogP contribution in [0.2, 0.25) is 0 Å². The van der Waals surface area contributed by atoms with E-state index in [1.807, 2.05) is 0 Å². The molecule has 0 aliphatic carbocycles. The van der Waals surface area contributed by atoms with Gasteiger partial charge in [-0.2, -0.15) is 5.10 Å². The lowest BCUT2D eigenvalue weighted by Gasteiger charge is -2.06. The average molecular weight is 263 g/mol. The van der Waals surface area contributed by atoms with Crippen molar-refractivity contribution in [2.45, 2.75) is 13.5 Å². The second kappa shape index (κ2) is 5.09. The zero-order chi connectivity index (χ0) is 14.0. The number of anilines is 1. The van der Waals surface area contributed by atoms with Crippen LogP contribution in [0, 0.1) is 12.7 Å². The predicted octanol–water partition coefficient (Wildman–Crippen LogP) is 1.81. The summed E-state index contributed by atoms with van der Waals surface area (Å²) in [5.41, 5.74) is 7.07. The fraction of sp³-hybridized carbons (Fsp3) is 0.231. The Labute approximate surface area is 109 Å². The van der Waals surface area contributed by atoms with Gasteiger partial charge in [0.2, 0.25) is 0 Å². The highest BCUT2D eigenvalue weighted by Gasteiger charge is 2.19. The number of nitrogen functional groups attached to an aromatic ring is 1. The molecular formula is C13H14FN3O2. The minimum Gasteiger partial charge on any atom is -0.456 e. The number of halogens is 1. The number of aryl methyl sites for hydroxylation is 2. The number of nitrogens with two attached hydrogens (primary N) is 1. The molecule has 2 rings (SSSR count). The summed E-state index contributed by atoms with van der Waals surface area (Å²) in [6.07, 6.45) is 0. The molecule has 0 amide bonds. The standard InChI is InChI=1S/C13H14FN3O2/c1-8-11(15)12(17(2)16-8)13(18)19-7-9-5-3-4-6-10(9)14/h3-6H,7,15H2,1-2H3. The van der Waals surface area contributed by atoms with Crippen molar-refractivity contribution in [2.24, 2.45) is 7.05 Å². The van der Waals surface area contributed by atoms with Gasteiger partial charge < -0.3 is 10.5 Å². The van der Waals surface area contributed by atoms with Gasteiger partial charge in [0.25, 0.3) is 0 Å². The molecule has 6 heteroatoms. The summed E-state index contributed by atoms with van der Waals surface area (Å²) in [5.74, 6) is -1.03. The second-order valence-corrected chi connectivity index (χ2v) is 4.14. The van der Waals surface area contributed by atoms with Crippen LogP contribution in [0.1, 0.15) is 21.7 Å². The van der Waals surface area contributed by atoms with Gasteiger partial charge >= 0.3 is 5.97 Å². The first-order valence-corrected chi connectivity index (χ1v) is 5.70. The van der Waals surface area contributed by atoms with Crippen LogP contribution in [-0.4, -0.2) is 15.7 Å². The van der Waals surface area contributed by atoms with E-state index in [9.17, 15) is 9.18 Å². The van der Waals surface area contributed by atoms with Crippen LogP contribution in [0.25, 0.3) is 0 Å². The van der Waals surface area contributed by atoms with Gasteiger partial charge in [0, 0.05) is 12.6 Å². The molecule has 0 aliphatic heterocycles. The molecule has 1 aromatic carbocycles. The van der Waals surface area contributed by atoms with Crippen LogP contribution in [0.4, 0.5) is 10.1 Å². The minimum absolute atomic E-state index is 0.144. The number of ether oxygens (including phenoxy) is 1. The molecule has 0 atom stereocenters. The summed E-state index contributed by atoms with van der Waals surface area (Å²) in [6.45, 7) is 1.55. The topological polar surface area (TPSA) is 70.1 Å². The van der Waals surface area contributed by atoms with Crippen LogP contribution in [-0.2, 0) is 18.4 Å². The Bertz CT molecular complexity index is 622. The van der Waals surface area contributed by atoms with Crippen molar-refractivity contribution in [3.63, 3.8) is 0 Å². The zero-order valence-electron chi connectivity index (χ0n) is 10.7. The smallest absolute Gasteiger partial charge is 0.359 e. The molecule has 0 aliphatic rings. The number of carbonyl (C=O) groups excluding carboxylic acids is 1. The van der Waals surface area contributed by atoms with E-state index in [4.69, 9.17) is 10.5 Å². The summed E-state index contributed by atoms with van der Waals surface area (Å²) >= 11 is 0. The molecular weight excluding hydrogens is 249 g/mol. The van der Waals surface area contributed by atoms with E-state index in [2.05, 4.69) is 5.10 Å². The lowest BCUT2D eigenvalue weighted by atomic mass is 10.2. The van der Waals surface area contributed by atoms with Gasteiger partial charge in [0.05, 0.1) is 11.4 Å². The first-order chi connectivity index (χ1) is 9.00. The summed E-state index contributed by atoms with van der Waals surface area (Å²) in [4.78, 5) is 11.9. The summed E-state index contributed by atoms with van der Waals surface area (Å²) in [5, 5.41) is 4.02. The van der Waals surface area contributed by atoms with Crippen molar-refractivity contribution in [3.8, 4) is 0 Å². The lowest BCUT2D eigenvalue weighted by Crippen LogP contribution is -2.13. The van der Waals surface area contributed by atoms with E-state index in [0.29, 0.717) is 11.3 Å². The maximum absolute atomic E-state index is 13.4. The van der Waals surface area contributed by atoms with Crippen LogP contribution in [0.5, 0.6) is 0 Å². The second-order valence-electron chi connectivity index (χ2n) is 4.14. The number of aromatic nitrogens is 2. The van der Waals surface area contributed by atoms with Gasteiger partial charge in [-0.25, -0.2) is 9.18 Å². The maximum Gasteiger partial charge on any atom is 0.359 e. The molecule has 0 saturated carbocycles. The summed E-state index contributed by atoms with van der Waals surface area (Å²) < 4.78 is 19.8. The lowest BCUT2D eigenvalue weighted by molar-refractivity contribution is 0.0457. The van der Waals surface area contributed by atoms with E-state index < -0.39 is 11.8 Å². The molecule has 100 valence electrons. The predicted molar refractivity (Wildman–Crippen MR) is 67.9 cm³/mol. The number of hydrogen-bond donors (Lipinski definition) is 1. The molecule has 2 N–H and O–H groups in total. The summed E-state index contributed by atoms with van der Waals surface area (Å²) in [6, 6.07) is 6.12. The van der Waals surface area contributed by atoms with Crippen LogP contribution >= 0.6 is 0 Å². The van der Waals surface area contributed by atoms with Crippen LogP contribution in [0.15, 0.2) is 24.3 Å². The van der Waals surface area contributed by atoms with E-state index in [0.717, 1.165) is 0 Å². The van der Waals surface area contributed by atoms with Gasteiger partial charge in [0.15, 0.2) is 5.69 Å².